The van der Waals surface area contributed by atoms with Gasteiger partial charge in [-0.05, 0) is 55.3 Å². The summed E-state index contributed by atoms with van der Waals surface area (Å²) in [7, 11) is -2.31. The third-order valence-corrected chi connectivity index (χ3v) is 7.32. The molecule has 2 aromatic carbocycles. The summed E-state index contributed by atoms with van der Waals surface area (Å²) in [5.74, 6) is -0.808. The maximum Gasteiger partial charge on any atom is 0.257 e. The van der Waals surface area contributed by atoms with Crippen LogP contribution in [0.15, 0.2) is 52.7 Å². The maximum absolute atomic E-state index is 13.9. The van der Waals surface area contributed by atoms with Crippen molar-refractivity contribution in [2.45, 2.75) is 23.8 Å². The van der Waals surface area contributed by atoms with Crippen molar-refractivity contribution in [3.8, 4) is 17.0 Å². The zero-order valence-electron chi connectivity index (χ0n) is 17.7. The van der Waals surface area contributed by atoms with E-state index in [0.717, 1.165) is 12.8 Å². The van der Waals surface area contributed by atoms with Gasteiger partial charge in [0.05, 0.1) is 23.8 Å². The molecule has 1 amide bonds. The minimum absolute atomic E-state index is 0.0649. The van der Waals surface area contributed by atoms with Crippen molar-refractivity contribution in [1.29, 1.82) is 0 Å². The number of halogens is 1. The molecule has 0 radical (unpaired) electrons. The number of anilines is 1. The number of hydrogen-bond acceptors (Lipinski definition) is 7. The minimum atomic E-state index is -3.70. The molecule has 0 spiro atoms. The summed E-state index contributed by atoms with van der Waals surface area (Å²) in [6.45, 7) is 0.864. The molecule has 0 bridgehead atoms. The standard InChI is InChI=1S/C22H22FN3O5S2/c1-30-20-9-6-15(11-18(20)23)19-13-32-22(25-19)26-21(27)14-4-7-17(8-5-14)33(28,29)24-12-16-3-2-10-31-16/h4-9,11,13,16,24H,2-3,10,12H2,1H3,(H,25,26,27). The van der Waals surface area contributed by atoms with Crippen LogP contribution in [0.3, 0.4) is 0 Å². The summed E-state index contributed by atoms with van der Waals surface area (Å²) in [6.07, 6.45) is 1.64. The maximum atomic E-state index is 13.9. The fourth-order valence-corrected chi connectivity index (χ4v) is 5.12. The first-order chi connectivity index (χ1) is 15.9. The van der Waals surface area contributed by atoms with Gasteiger partial charge >= 0.3 is 0 Å². The number of nitrogens with one attached hydrogen (secondary N) is 2. The largest absolute Gasteiger partial charge is 0.494 e. The first kappa shape index (κ1) is 23.3. The molecule has 1 atom stereocenters. The summed E-state index contributed by atoms with van der Waals surface area (Å²) >= 11 is 1.19. The van der Waals surface area contributed by atoms with E-state index in [1.165, 1.54) is 54.8 Å². The third kappa shape index (κ3) is 5.56. The number of thiazole rings is 1. The lowest BCUT2D eigenvalue weighted by atomic mass is 10.1. The van der Waals surface area contributed by atoms with E-state index in [9.17, 15) is 17.6 Å². The summed E-state index contributed by atoms with van der Waals surface area (Å²) < 4.78 is 51.7. The quantitative estimate of drug-likeness (QED) is 0.498. The van der Waals surface area contributed by atoms with Gasteiger partial charge in [0.15, 0.2) is 16.7 Å². The molecule has 11 heteroatoms. The van der Waals surface area contributed by atoms with Crippen molar-refractivity contribution < 1.29 is 27.1 Å². The van der Waals surface area contributed by atoms with Gasteiger partial charge in [-0.2, -0.15) is 0 Å². The van der Waals surface area contributed by atoms with Crippen molar-refractivity contribution in [3.05, 3.63) is 59.2 Å². The van der Waals surface area contributed by atoms with Gasteiger partial charge in [-0.3, -0.25) is 10.1 Å². The zero-order valence-corrected chi connectivity index (χ0v) is 19.3. The number of benzene rings is 2. The number of sulfonamides is 1. The van der Waals surface area contributed by atoms with E-state index >= 15 is 0 Å². The van der Waals surface area contributed by atoms with E-state index in [-0.39, 0.29) is 28.9 Å². The molecular weight excluding hydrogens is 469 g/mol. The number of rotatable bonds is 8. The van der Waals surface area contributed by atoms with E-state index in [2.05, 4.69) is 15.0 Å². The number of hydrogen-bond donors (Lipinski definition) is 2. The van der Waals surface area contributed by atoms with Crippen LogP contribution in [0.25, 0.3) is 11.3 Å². The average molecular weight is 492 g/mol. The molecule has 2 N–H and O–H groups in total. The van der Waals surface area contributed by atoms with Crippen LogP contribution in [-0.4, -0.2) is 45.7 Å². The normalized spacial score (nSPS) is 16.0. The highest BCUT2D eigenvalue weighted by molar-refractivity contribution is 7.89. The Labute approximate surface area is 194 Å². The highest BCUT2D eigenvalue weighted by Gasteiger charge is 2.20. The van der Waals surface area contributed by atoms with Gasteiger partial charge in [0, 0.05) is 29.7 Å². The zero-order chi connectivity index (χ0) is 23.4. The van der Waals surface area contributed by atoms with Crippen LogP contribution in [0.2, 0.25) is 0 Å². The Bertz CT molecular complexity index is 1240. The Hall–Kier alpha value is -2.86. The number of amides is 1. The molecule has 33 heavy (non-hydrogen) atoms. The summed E-state index contributed by atoms with van der Waals surface area (Å²) in [5, 5.41) is 4.71. The van der Waals surface area contributed by atoms with Crippen LogP contribution in [0.1, 0.15) is 23.2 Å². The van der Waals surface area contributed by atoms with Gasteiger partial charge in [0.1, 0.15) is 0 Å². The second-order valence-corrected chi connectivity index (χ2v) is 9.98. The lowest BCUT2D eigenvalue weighted by Crippen LogP contribution is -2.31. The molecule has 1 aromatic heterocycles. The van der Waals surface area contributed by atoms with E-state index < -0.39 is 21.7 Å². The van der Waals surface area contributed by atoms with E-state index in [1.807, 2.05) is 0 Å². The van der Waals surface area contributed by atoms with Crippen LogP contribution in [0, 0.1) is 5.82 Å². The highest BCUT2D eigenvalue weighted by atomic mass is 32.2. The van der Waals surface area contributed by atoms with Gasteiger partial charge < -0.3 is 9.47 Å². The van der Waals surface area contributed by atoms with Crippen molar-refractivity contribution in [2.24, 2.45) is 0 Å². The number of carbonyl (C=O) groups excluding carboxylic acids is 1. The van der Waals surface area contributed by atoms with Crippen molar-refractivity contribution in [2.75, 3.05) is 25.6 Å². The van der Waals surface area contributed by atoms with Gasteiger partial charge in [0.2, 0.25) is 10.0 Å². The molecule has 4 rings (SSSR count). The molecule has 1 aliphatic rings. The lowest BCUT2D eigenvalue weighted by Gasteiger charge is -2.11. The van der Waals surface area contributed by atoms with Crippen molar-refractivity contribution >= 4 is 32.4 Å². The van der Waals surface area contributed by atoms with E-state index in [0.29, 0.717) is 23.0 Å². The van der Waals surface area contributed by atoms with E-state index in [4.69, 9.17) is 9.47 Å². The predicted octanol–water partition coefficient (Wildman–Crippen LogP) is 3.67. The SMILES string of the molecule is COc1ccc(-c2csc(NC(=O)c3ccc(S(=O)(=O)NCC4CCCO4)cc3)n2)cc1F. The molecule has 2 heterocycles. The van der Waals surface area contributed by atoms with Crippen molar-refractivity contribution in [3.63, 3.8) is 0 Å². The van der Waals surface area contributed by atoms with Crippen LogP contribution in [0.5, 0.6) is 5.75 Å². The molecule has 0 aliphatic carbocycles. The topological polar surface area (TPSA) is 107 Å². The fourth-order valence-electron chi connectivity index (χ4n) is 3.34. The first-order valence-corrected chi connectivity index (χ1v) is 12.5. The van der Waals surface area contributed by atoms with Gasteiger partial charge in [-0.15, -0.1) is 11.3 Å². The highest BCUT2D eigenvalue weighted by Crippen LogP contribution is 2.28. The molecule has 1 fully saturated rings. The Morgan fingerprint density at radius 3 is 2.73 bits per heavy atom. The Morgan fingerprint density at radius 2 is 2.06 bits per heavy atom. The Kier molecular flexibility index (Phi) is 7.03. The summed E-state index contributed by atoms with van der Waals surface area (Å²) in [6, 6.07) is 10.1. The van der Waals surface area contributed by atoms with Gasteiger partial charge in [-0.1, -0.05) is 0 Å². The molecule has 1 saturated heterocycles. The number of aromatic nitrogens is 1. The smallest absolute Gasteiger partial charge is 0.257 e. The van der Waals surface area contributed by atoms with E-state index in [1.54, 1.807) is 11.4 Å². The van der Waals surface area contributed by atoms with Crippen LogP contribution in [0.4, 0.5) is 9.52 Å². The average Bonchev–Trinajstić information content (AvgIpc) is 3.50. The van der Waals surface area contributed by atoms with Crippen LogP contribution < -0.4 is 14.8 Å². The number of methoxy groups -OCH3 is 1. The number of nitrogens with zero attached hydrogens (tertiary/aromatic N) is 1. The molecule has 174 valence electrons. The third-order valence-electron chi connectivity index (χ3n) is 5.12. The van der Waals surface area contributed by atoms with Gasteiger partial charge in [0.25, 0.3) is 5.91 Å². The van der Waals surface area contributed by atoms with Crippen molar-refractivity contribution in [1.82, 2.24) is 9.71 Å². The molecule has 1 aliphatic heterocycles. The second kappa shape index (κ2) is 9.96. The summed E-state index contributed by atoms with van der Waals surface area (Å²) in [4.78, 5) is 16.9. The monoisotopic (exact) mass is 491 g/mol. The molecular formula is C22H22FN3O5S2. The lowest BCUT2D eigenvalue weighted by molar-refractivity contribution is 0.102. The predicted molar refractivity (Wildman–Crippen MR) is 123 cm³/mol. The fraction of sp³-hybridized carbons (Fsp3) is 0.273. The minimum Gasteiger partial charge on any atom is -0.494 e. The second-order valence-electron chi connectivity index (χ2n) is 7.35. The van der Waals surface area contributed by atoms with Crippen LogP contribution >= 0.6 is 11.3 Å². The summed E-state index contributed by atoms with van der Waals surface area (Å²) in [5.41, 5.74) is 1.34. The first-order valence-electron chi connectivity index (χ1n) is 10.2. The Morgan fingerprint density at radius 1 is 1.27 bits per heavy atom. The molecule has 8 nitrogen and oxygen atoms in total. The number of carbonyl (C=O) groups is 1. The Balaban J connectivity index is 1.39. The van der Waals surface area contributed by atoms with Crippen LogP contribution in [-0.2, 0) is 14.8 Å². The van der Waals surface area contributed by atoms with Gasteiger partial charge in [-0.25, -0.2) is 22.5 Å². The molecule has 3 aromatic rings. The molecule has 1 unspecified atom stereocenters. The number of ether oxygens (including phenoxy) is 2. The molecule has 0 saturated carbocycles.